The average Bonchev–Trinajstić information content (AvgIpc) is 2.15. The maximum Gasteiger partial charge on any atom is 0.416 e. The third-order valence-corrected chi connectivity index (χ3v) is 2.14. The highest BCUT2D eigenvalue weighted by Crippen LogP contribution is 2.29. The van der Waals surface area contributed by atoms with E-state index in [1.54, 1.807) is 0 Å². The maximum absolute atomic E-state index is 12.1. The Hall–Kier alpha value is -0.680. The zero-order chi connectivity index (χ0) is 10.8. The van der Waals surface area contributed by atoms with Crippen molar-refractivity contribution in [3.63, 3.8) is 0 Å². The number of hydrogen-bond acceptors (Lipinski definition) is 2. The summed E-state index contributed by atoms with van der Waals surface area (Å²) in [6.45, 7) is 0. The molecule has 1 rings (SSSR count). The molecule has 0 saturated heterocycles. The monoisotopic (exact) mass is 222 g/mol. The summed E-state index contributed by atoms with van der Waals surface area (Å²) in [4.78, 5) is 0. The highest BCUT2D eigenvalue weighted by Gasteiger charge is 2.30. The fraction of sp³-hybridized carbons (Fsp3) is 0.333. The third-order valence-electron chi connectivity index (χ3n) is 1.80. The first-order chi connectivity index (χ1) is 6.45. The number of benzene rings is 1. The molecule has 78 valence electrons. The van der Waals surface area contributed by atoms with Crippen molar-refractivity contribution in [2.75, 3.05) is 5.75 Å². The van der Waals surface area contributed by atoms with Gasteiger partial charge in [0.1, 0.15) is 0 Å². The van der Waals surface area contributed by atoms with Crippen molar-refractivity contribution >= 4 is 12.6 Å². The van der Waals surface area contributed by atoms with Crippen molar-refractivity contribution < 1.29 is 18.3 Å². The number of hydrogen-bond donors (Lipinski definition) is 2. The average molecular weight is 222 g/mol. The summed E-state index contributed by atoms with van der Waals surface area (Å²) in [6, 6.07) is 4.40. The molecular formula is C9H9F3OS. The lowest BCUT2D eigenvalue weighted by atomic mass is 10.1. The van der Waals surface area contributed by atoms with Gasteiger partial charge in [-0.05, 0) is 17.7 Å². The summed E-state index contributed by atoms with van der Waals surface area (Å²) in [5.41, 5.74) is -0.277. The normalized spacial score (nSPS) is 14.1. The fourth-order valence-electron chi connectivity index (χ4n) is 1.000. The largest absolute Gasteiger partial charge is 0.416 e. The second kappa shape index (κ2) is 4.23. The van der Waals surface area contributed by atoms with Crippen LogP contribution in [0.15, 0.2) is 24.3 Å². The molecule has 1 aromatic rings. The van der Waals surface area contributed by atoms with E-state index in [0.29, 0.717) is 5.56 Å². The Morgan fingerprint density at radius 1 is 1.21 bits per heavy atom. The molecule has 1 nitrogen and oxygen atoms in total. The van der Waals surface area contributed by atoms with Crippen molar-refractivity contribution in [1.29, 1.82) is 0 Å². The van der Waals surface area contributed by atoms with E-state index in [2.05, 4.69) is 12.6 Å². The molecule has 0 amide bonds. The van der Waals surface area contributed by atoms with Gasteiger partial charge < -0.3 is 5.11 Å². The van der Waals surface area contributed by atoms with Gasteiger partial charge in [-0.2, -0.15) is 25.8 Å². The van der Waals surface area contributed by atoms with Crippen LogP contribution in [-0.2, 0) is 6.18 Å². The van der Waals surface area contributed by atoms with Gasteiger partial charge in [-0.1, -0.05) is 12.1 Å². The van der Waals surface area contributed by atoms with Gasteiger partial charge >= 0.3 is 6.18 Å². The van der Waals surface area contributed by atoms with E-state index < -0.39 is 17.8 Å². The zero-order valence-corrected chi connectivity index (χ0v) is 8.02. The minimum Gasteiger partial charge on any atom is -0.388 e. The molecule has 1 N–H and O–H groups in total. The standard InChI is InChI=1S/C9H9F3OS/c10-9(11,12)7-3-1-6(2-4-7)8(13)5-14/h1-4,8,13-14H,5H2. The highest BCUT2D eigenvalue weighted by molar-refractivity contribution is 7.80. The van der Waals surface area contributed by atoms with Crippen molar-refractivity contribution in [3.8, 4) is 0 Å². The fourth-order valence-corrected chi connectivity index (χ4v) is 1.21. The Balaban J connectivity index is 2.89. The summed E-state index contributed by atoms with van der Waals surface area (Å²) >= 11 is 3.84. The Morgan fingerprint density at radius 2 is 1.71 bits per heavy atom. The van der Waals surface area contributed by atoms with Crippen LogP contribution in [0.1, 0.15) is 17.2 Å². The quantitative estimate of drug-likeness (QED) is 0.737. The Kier molecular flexibility index (Phi) is 3.44. The molecule has 0 aliphatic carbocycles. The van der Waals surface area contributed by atoms with Gasteiger partial charge in [-0.25, -0.2) is 0 Å². The van der Waals surface area contributed by atoms with Crippen LogP contribution in [0.25, 0.3) is 0 Å². The number of halogens is 3. The smallest absolute Gasteiger partial charge is 0.388 e. The number of rotatable bonds is 2. The van der Waals surface area contributed by atoms with Crippen LogP contribution in [0, 0.1) is 0 Å². The van der Waals surface area contributed by atoms with Crippen molar-refractivity contribution in [1.82, 2.24) is 0 Å². The molecule has 0 spiro atoms. The molecule has 0 bridgehead atoms. The molecule has 1 aromatic carbocycles. The van der Waals surface area contributed by atoms with E-state index in [1.165, 1.54) is 12.1 Å². The molecule has 0 aromatic heterocycles. The van der Waals surface area contributed by atoms with Crippen LogP contribution in [0.3, 0.4) is 0 Å². The summed E-state index contributed by atoms with van der Waals surface area (Å²) in [7, 11) is 0. The van der Waals surface area contributed by atoms with E-state index in [9.17, 15) is 18.3 Å². The minimum atomic E-state index is -4.33. The van der Waals surface area contributed by atoms with Gasteiger partial charge in [0, 0.05) is 5.75 Å². The first-order valence-corrected chi connectivity index (χ1v) is 4.54. The number of thiol groups is 1. The van der Waals surface area contributed by atoms with E-state index in [-0.39, 0.29) is 5.75 Å². The molecular weight excluding hydrogens is 213 g/mol. The van der Waals surface area contributed by atoms with Crippen LogP contribution in [0.2, 0.25) is 0 Å². The molecule has 0 radical (unpaired) electrons. The summed E-state index contributed by atoms with van der Waals surface area (Å²) in [5.74, 6) is 0.186. The Labute approximate surface area is 85.0 Å². The molecule has 1 atom stereocenters. The van der Waals surface area contributed by atoms with Gasteiger partial charge in [-0.3, -0.25) is 0 Å². The molecule has 0 aliphatic heterocycles. The molecule has 0 aliphatic rings. The van der Waals surface area contributed by atoms with Gasteiger partial charge in [0.05, 0.1) is 11.7 Å². The number of aliphatic hydroxyl groups excluding tert-OH is 1. The lowest BCUT2D eigenvalue weighted by Gasteiger charge is -2.10. The van der Waals surface area contributed by atoms with Crippen LogP contribution in [-0.4, -0.2) is 10.9 Å². The Morgan fingerprint density at radius 3 is 2.07 bits per heavy atom. The van der Waals surface area contributed by atoms with E-state index >= 15 is 0 Å². The first-order valence-electron chi connectivity index (χ1n) is 3.91. The third kappa shape index (κ3) is 2.65. The molecule has 5 heteroatoms. The number of aliphatic hydroxyl groups is 1. The topological polar surface area (TPSA) is 20.2 Å². The lowest BCUT2D eigenvalue weighted by molar-refractivity contribution is -0.137. The van der Waals surface area contributed by atoms with Crippen molar-refractivity contribution in [3.05, 3.63) is 35.4 Å². The SMILES string of the molecule is OC(CS)c1ccc(C(F)(F)F)cc1. The maximum atomic E-state index is 12.1. The second-order valence-electron chi connectivity index (χ2n) is 2.82. The van der Waals surface area contributed by atoms with Gasteiger partial charge in [0.15, 0.2) is 0 Å². The highest BCUT2D eigenvalue weighted by atomic mass is 32.1. The van der Waals surface area contributed by atoms with Gasteiger partial charge in [0.2, 0.25) is 0 Å². The lowest BCUT2D eigenvalue weighted by Crippen LogP contribution is -2.05. The predicted octanol–water partition coefficient (Wildman–Crippen LogP) is 2.67. The Bertz CT molecular complexity index is 294. The summed E-state index contributed by atoms with van der Waals surface area (Å²) in [5, 5.41) is 9.27. The molecule has 1 unspecified atom stereocenters. The first kappa shape index (κ1) is 11.4. The predicted molar refractivity (Wildman–Crippen MR) is 50.3 cm³/mol. The molecule has 0 fully saturated rings. The van der Waals surface area contributed by atoms with Crippen LogP contribution >= 0.6 is 12.6 Å². The number of alkyl halides is 3. The van der Waals surface area contributed by atoms with Gasteiger partial charge in [-0.15, -0.1) is 0 Å². The van der Waals surface area contributed by atoms with Crippen LogP contribution < -0.4 is 0 Å². The second-order valence-corrected chi connectivity index (χ2v) is 3.18. The summed E-state index contributed by atoms with van der Waals surface area (Å²) in [6.07, 6.45) is -5.15. The van der Waals surface area contributed by atoms with E-state index in [4.69, 9.17) is 0 Å². The van der Waals surface area contributed by atoms with Crippen molar-refractivity contribution in [2.45, 2.75) is 12.3 Å². The van der Waals surface area contributed by atoms with Crippen molar-refractivity contribution in [2.24, 2.45) is 0 Å². The van der Waals surface area contributed by atoms with E-state index in [0.717, 1.165) is 12.1 Å². The van der Waals surface area contributed by atoms with E-state index in [1.807, 2.05) is 0 Å². The molecule has 0 saturated carbocycles. The van der Waals surface area contributed by atoms with Crippen LogP contribution in [0.5, 0.6) is 0 Å². The molecule has 0 heterocycles. The summed E-state index contributed by atoms with van der Waals surface area (Å²) < 4.78 is 36.4. The van der Waals surface area contributed by atoms with Crippen LogP contribution in [0.4, 0.5) is 13.2 Å². The van der Waals surface area contributed by atoms with Gasteiger partial charge in [0.25, 0.3) is 0 Å². The molecule has 14 heavy (non-hydrogen) atoms. The minimum absolute atomic E-state index is 0.186. The zero-order valence-electron chi connectivity index (χ0n) is 7.12.